The number of nitrogens with zero attached hydrogens (tertiary/aromatic N) is 4. The van der Waals surface area contributed by atoms with Gasteiger partial charge in [-0.25, -0.2) is 9.36 Å². The van der Waals surface area contributed by atoms with Gasteiger partial charge >= 0.3 is 0 Å². The standard InChI is InChI=1S/C48H34N4/c1-7-19-35(20-8-1)43-45(37-23-11-3-12-24-37)49-51(41-27-15-5-16-28-41)47(43)39-31-33-40(34-32-39)48-44(36-21-9-2-10-22-36)46(38-25-13-4-14-26-38)50-52(48)42-29-17-6-18-30-42/h1-34H. The SMILES string of the molecule is c1ccc(-c2nn(-c3ccccc3)c(-c3ccc(-c4c(-c5ccccc5)c(-c5ccccc5)nn4-c4ccccc4)cc3)c2-c2ccccc2)cc1. The molecule has 7 aromatic carbocycles. The van der Waals surface area contributed by atoms with Crippen molar-refractivity contribution in [3.63, 3.8) is 0 Å². The summed E-state index contributed by atoms with van der Waals surface area (Å²) in [7, 11) is 0. The van der Waals surface area contributed by atoms with Crippen molar-refractivity contribution < 1.29 is 0 Å². The molecule has 0 saturated carbocycles. The third kappa shape index (κ3) is 5.72. The second kappa shape index (κ2) is 13.7. The summed E-state index contributed by atoms with van der Waals surface area (Å²) in [5.74, 6) is 0. The van der Waals surface area contributed by atoms with Crippen LogP contribution in [-0.2, 0) is 0 Å². The summed E-state index contributed by atoms with van der Waals surface area (Å²) in [6, 6.07) is 71.8. The Morgan fingerprint density at radius 2 is 0.519 bits per heavy atom. The minimum Gasteiger partial charge on any atom is -0.232 e. The molecule has 0 aliphatic rings. The van der Waals surface area contributed by atoms with Crippen LogP contribution in [0.15, 0.2) is 206 Å². The molecule has 0 saturated heterocycles. The van der Waals surface area contributed by atoms with Crippen LogP contribution < -0.4 is 0 Å². The molecule has 0 spiro atoms. The number of hydrogen-bond donors (Lipinski definition) is 0. The van der Waals surface area contributed by atoms with Crippen LogP contribution in [0, 0.1) is 0 Å². The van der Waals surface area contributed by atoms with E-state index in [0.29, 0.717) is 0 Å². The molecule has 0 N–H and O–H groups in total. The average molecular weight is 667 g/mol. The Hall–Kier alpha value is -7.04. The van der Waals surface area contributed by atoms with E-state index in [9.17, 15) is 0 Å². The van der Waals surface area contributed by atoms with Gasteiger partial charge in [0.15, 0.2) is 0 Å². The summed E-state index contributed by atoms with van der Waals surface area (Å²) < 4.78 is 4.19. The zero-order valence-electron chi connectivity index (χ0n) is 28.4. The summed E-state index contributed by atoms with van der Waals surface area (Å²) in [5.41, 5.74) is 14.6. The van der Waals surface area contributed by atoms with Gasteiger partial charge in [-0.3, -0.25) is 0 Å². The molecule has 246 valence electrons. The molecule has 0 unspecified atom stereocenters. The van der Waals surface area contributed by atoms with Gasteiger partial charge in [-0.1, -0.05) is 182 Å². The topological polar surface area (TPSA) is 35.6 Å². The highest BCUT2D eigenvalue weighted by Crippen LogP contribution is 2.44. The maximum Gasteiger partial charge on any atom is 0.101 e. The van der Waals surface area contributed by atoms with E-state index in [1.807, 2.05) is 24.3 Å². The summed E-state index contributed by atoms with van der Waals surface area (Å²) in [6.45, 7) is 0. The molecule has 0 bridgehead atoms. The molecular formula is C48H34N4. The fourth-order valence-corrected chi connectivity index (χ4v) is 7.02. The largest absolute Gasteiger partial charge is 0.232 e. The monoisotopic (exact) mass is 666 g/mol. The van der Waals surface area contributed by atoms with Gasteiger partial charge in [-0.2, -0.15) is 10.2 Å². The molecule has 4 heteroatoms. The van der Waals surface area contributed by atoms with Crippen LogP contribution in [0.1, 0.15) is 0 Å². The first-order valence-electron chi connectivity index (χ1n) is 17.5. The zero-order valence-corrected chi connectivity index (χ0v) is 28.4. The molecule has 2 heterocycles. The molecule has 9 aromatic rings. The van der Waals surface area contributed by atoms with Gasteiger partial charge in [0.05, 0.1) is 22.8 Å². The normalized spacial score (nSPS) is 11.1. The Morgan fingerprint density at radius 3 is 0.827 bits per heavy atom. The Kier molecular flexibility index (Phi) is 8.16. The lowest BCUT2D eigenvalue weighted by Crippen LogP contribution is -2.01. The van der Waals surface area contributed by atoms with Crippen molar-refractivity contribution in [1.82, 2.24) is 19.6 Å². The first-order chi connectivity index (χ1) is 25.8. The van der Waals surface area contributed by atoms with Gasteiger partial charge in [0.25, 0.3) is 0 Å². The lowest BCUT2D eigenvalue weighted by atomic mass is 9.93. The Bertz CT molecular complexity index is 2370. The Morgan fingerprint density at radius 1 is 0.250 bits per heavy atom. The van der Waals surface area contributed by atoms with Crippen LogP contribution in [0.5, 0.6) is 0 Å². The van der Waals surface area contributed by atoms with Crippen LogP contribution in [-0.4, -0.2) is 19.6 Å². The number of benzene rings is 7. The zero-order chi connectivity index (χ0) is 34.7. The Balaban J connectivity index is 1.29. The highest BCUT2D eigenvalue weighted by molar-refractivity contribution is 5.95. The van der Waals surface area contributed by atoms with E-state index in [1.54, 1.807) is 0 Å². The first-order valence-corrected chi connectivity index (χ1v) is 17.5. The van der Waals surface area contributed by atoms with Crippen molar-refractivity contribution in [3.8, 4) is 78.7 Å². The molecule has 0 fully saturated rings. The van der Waals surface area contributed by atoms with Gasteiger partial charge in [0.2, 0.25) is 0 Å². The van der Waals surface area contributed by atoms with Crippen molar-refractivity contribution in [2.75, 3.05) is 0 Å². The summed E-state index contributed by atoms with van der Waals surface area (Å²) >= 11 is 0. The first kappa shape index (κ1) is 31.0. The van der Waals surface area contributed by atoms with Crippen molar-refractivity contribution in [3.05, 3.63) is 206 Å². The molecule has 2 aromatic heterocycles. The maximum atomic E-state index is 5.33. The van der Waals surface area contributed by atoms with Gasteiger partial charge in [-0.15, -0.1) is 0 Å². The van der Waals surface area contributed by atoms with E-state index >= 15 is 0 Å². The van der Waals surface area contributed by atoms with Crippen molar-refractivity contribution >= 4 is 0 Å². The predicted molar refractivity (Wildman–Crippen MR) is 213 cm³/mol. The third-order valence-corrected chi connectivity index (χ3v) is 9.42. The van der Waals surface area contributed by atoms with Crippen LogP contribution in [0.25, 0.3) is 78.7 Å². The minimum absolute atomic E-state index is 0.941. The summed E-state index contributed by atoms with van der Waals surface area (Å²) in [5, 5.41) is 10.7. The average Bonchev–Trinajstić information content (AvgIpc) is 3.84. The second-order valence-corrected chi connectivity index (χ2v) is 12.7. The number of para-hydroxylation sites is 2. The van der Waals surface area contributed by atoms with Crippen LogP contribution >= 0.6 is 0 Å². The molecule has 9 rings (SSSR count). The van der Waals surface area contributed by atoms with Crippen molar-refractivity contribution in [1.29, 1.82) is 0 Å². The Labute approximate surface area is 303 Å². The second-order valence-electron chi connectivity index (χ2n) is 12.7. The summed E-state index contributed by atoms with van der Waals surface area (Å²) in [4.78, 5) is 0. The molecule has 0 radical (unpaired) electrons. The number of hydrogen-bond acceptors (Lipinski definition) is 2. The molecule has 4 nitrogen and oxygen atoms in total. The molecular weight excluding hydrogens is 633 g/mol. The third-order valence-electron chi connectivity index (χ3n) is 9.42. The van der Waals surface area contributed by atoms with E-state index in [2.05, 4.69) is 191 Å². The van der Waals surface area contributed by atoms with Gasteiger partial charge in [0.1, 0.15) is 11.4 Å². The van der Waals surface area contributed by atoms with Gasteiger partial charge in [-0.05, 0) is 35.4 Å². The smallest absolute Gasteiger partial charge is 0.101 e. The van der Waals surface area contributed by atoms with E-state index in [0.717, 1.165) is 78.7 Å². The summed E-state index contributed by atoms with van der Waals surface area (Å²) in [6.07, 6.45) is 0. The quantitative estimate of drug-likeness (QED) is 0.162. The highest BCUT2D eigenvalue weighted by Gasteiger charge is 2.25. The van der Waals surface area contributed by atoms with E-state index in [1.165, 1.54) is 0 Å². The maximum absolute atomic E-state index is 5.33. The van der Waals surface area contributed by atoms with Crippen LogP contribution in [0.2, 0.25) is 0 Å². The van der Waals surface area contributed by atoms with Gasteiger partial charge in [0, 0.05) is 33.4 Å². The fourth-order valence-electron chi connectivity index (χ4n) is 7.02. The van der Waals surface area contributed by atoms with Crippen LogP contribution in [0.3, 0.4) is 0 Å². The molecule has 0 aliphatic heterocycles. The molecule has 0 atom stereocenters. The lowest BCUT2D eigenvalue weighted by Gasteiger charge is -2.14. The van der Waals surface area contributed by atoms with E-state index < -0.39 is 0 Å². The molecule has 0 amide bonds. The van der Waals surface area contributed by atoms with E-state index in [-0.39, 0.29) is 0 Å². The predicted octanol–water partition coefficient (Wildman–Crippen LogP) is 12.1. The highest BCUT2D eigenvalue weighted by atomic mass is 15.3. The lowest BCUT2D eigenvalue weighted by molar-refractivity contribution is 0.890. The fraction of sp³-hybridized carbons (Fsp3) is 0. The number of rotatable bonds is 8. The number of aromatic nitrogens is 4. The van der Waals surface area contributed by atoms with Crippen LogP contribution in [0.4, 0.5) is 0 Å². The molecule has 52 heavy (non-hydrogen) atoms. The van der Waals surface area contributed by atoms with Crippen molar-refractivity contribution in [2.45, 2.75) is 0 Å². The minimum atomic E-state index is 0.941. The van der Waals surface area contributed by atoms with Gasteiger partial charge < -0.3 is 0 Å². The van der Waals surface area contributed by atoms with Crippen molar-refractivity contribution in [2.24, 2.45) is 0 Å². The van der Waals surface area contributed by atoms with E-state index in [4.69, 9.17) is 10.2 Å². The molecule has 0 aliphatic carbocycles.